The van der Waals surface area contributed by atoms with Crippen molar-refractivity contribution in [2.45, 2.75) is 72.3 Å². The molecule has 3 nitrogen and oxygen atoms in total. The highest BCUT2D eigenvalue weighted by atomic mass is 16.6. The van der Waals surface area contributed by atoms with Gasteiger partial charge in [0.15, 0.2) is 0 Å². The first-order valence-electron chi connectivity index (χ1n) is 12.3. The Bertz CT molecular complexity index is 805. The summed E-state index contributed by atoms with van der Waals surface area (Å²) in [5.74, 6) is 2.61. The summed E-state index contributed by atoms with van der Waals surface area (Å²) in [5.41, 5.74) is 3.01. The molecular weight excluding hydrogens is 394 g/mol. The standard InChI is InChI=1S/C14H15N.C13H20O2.C2H6/c1-4-7-8-12(5-2)13-9-10-14(6-3)15-11-13;1-8-11-6-9-4-2-3-5-10(9)7-12(11)13(14)15-8;1-2/h4-11H,2-3H2,1H3;8-12H,2-7H2,1H3;1-2H3/b7-4-,12-8+;;. The third-order valence-electron chi connectivity index (χ3n) is 6.94. The molecule has 0 amide bonds. The molecule has 5 atom stereocenters. The van der Waals surface area contributed by atoms with Gasteiger partial charge in [0.1, 0.15) is 6.10 Å². The first kappa shape index (κ1) is 25.8. The molecule has 2 heterocycles. The molecule has 3 fully saturated rings. The van der Waals surface area contributed by atoms with Gasteiger partial charge >= 0.3 is 5.97 Å². The van der Waals surface area contributed by atoms with Crippen molar-refractivity contribution in [2.75, 3.05) is 0 Å². The van der Waals surface area contributed by atoms with Gasteiger partial charge in [-0.25, -0.2) is 0 Å². The molecule has 0 spiro atoms. The Morgan fingerprint density at radius 3 is 2.38 bits per heavy atom. The molecule has 1 aromatic heterocycles. The topological polar surface area (TPSA) is 39.2 Å². The van der Waals surface area contributed by atoms with Crippen molar-refractivity contribution in [1.82, 2.24) is 4.98 Å². The molecule has 0 bridgehead atoms. The molecule has 1 saturated heterocycles. The largest absolute Gasteiger partial charge is 0.462 e. The molecule has 1 aromatic rings. The SMILES string of the molecule is C=C/C(=C\C=C/C)c1ccc(C=C)nc1.CC.CC1OC(=O)C2CC3CCCCC3CC12. The lowest BCUT2D eigenvalue weighted by Gasteiger charge is -2.40. The zero-order chi connectivity index (χ0) is 23.5. The van der Waals surface area contributed by atoms with Gasteiger partial charge in [0.2, 0.25) is 0 Å². The zero-order valence-electron chi connectivity index (χ0n) is 20.4. The summed E-state index contributed by atoms with van der Waals surface area (Å²) >= 11 is 0. The van der Waals surface area contributed by atoms with Crippen LogP contribution in [0.25, 0.3) is 11.6 Å². The lowest BCUT2D eigenvalue weighted by atomic mass is 9.63. The molecule has 3 aliphatic rings. The minimum absolute atomic E-state index is 0.0940. The first-order valence-corrected chi connectivity index (χ1v) is 12.3. The van der Waals surface area contributed by atoms with E-state index in [1.807, 2.05) is 63.4 Å². The fraction of sp³-hybridized carbons (Fsp3) is 0.517. The quantitative estimate of drug-likeness (QED) is 0.360. The first-order chi connectivity index (χ1) is 15.6. The van der Waals surface area contributed by atoms with Gasteiger partial charge in [-0.2, -0.15) is 0 Å². The van der Waals surface area contributed by atoms with Crippen molar-refractivity contribution in [3.8, 4) is 0 Å². The lowest BCUT2D eigenvalue weighted by Crippen LogP contribution is -2.35. The van der Waals surface area contributed by atoms with Gasteiger partial charge < -0.3 is 4.74 Å². The summed E-state index contributed by atoms with van der Waals surface area (Å²) in [6.07, 6.45) is 19.5. The van der Waals surface area contributed by atoms with Gasteiger partial charge in [0.25, 0.3) is 0 Å². The molecule has 32 heavy (non-hydrogen) atoms. The average molecular weight is 436 g/mol. The molecule has 2 aliphatic carbocycles. The van der Waals surface area contributed by atoms with Crippen LogP contribution in [-0.4, -0.2) is 17.1 Å². The summed E-state index contributed by atoms with van der Waals surface area (Å²) in [7, 11) is 0. The Kier molecular flexibility index (Phi) is 10.7. The summed E-state index contributed by atoms with van der Waals surface area (Å²) in [6.45, 7) is 15.5. The van der Waals surface area contributed by atoms with Crippen LogP contribution in [0.4, 0.5) is 0 Å². The normalized spacial score (nSPS) is 28.8. The monoisotopic (exact) mass is 435 g/mol. The van der Waals surface area contributed by atoms with Gasteiger partial charge in [-0.05, 0) is 56.2 Å². The fourth-order valence-electron chi connectivity index (χ4n) is 5.25. The number of carbonyl (C=O) groups is 1. The second-order valence-corrected chi connectivity index (χ2v) is 8.72. The molecule has 5 unspecified atom stereocenters. The predicted octanol–water partition coefficient (Wildman–Crippen LogP) is 7.66. The summed E-state index contributed by atoms with van der Waals surface area (Å²) < 4.78 is 5.38. The van der Waals surface area contributed by atoms with Gasteiger partial charge in [-0.15, -0.1) is 0 Å². The van der Waals surface area contributed by atoms with Gasteiger partial charge in [-0.1, -0.05) is 83.1 Å². The van der Waals surface area contributed by atoms with Gasteiger partial charge in [0, 0.05) is 17.7 Å². The number of pyridine rings is 1. The number of hydrogen-bond donors (Lipinski definition) is 0. The van der Waals surface area contributed by atoms with Crippen LogP contribution in [0.15, 0.2) is 55.8 Å². The van der Waals surface area contributed by atoms with E-state index in [1.165, 1.54) is 32.1 Å². The van der Waals surface area contributed by atoms with E-state index in [0.29, 0.717) is 5.92 Å². The van der Waals surface area contributed by atoms with Crippen LogP contribution in [0.5, 0.6) is 0 Å². The molecule has 0 radical (unpaired) electrons. The van der Waals surface area contributed by atoms with Crippen LogP contribution < -0.4 is 0 Å². The molecule has 1 aliphatic heterocycles. The summed E-state index contributed by atoms with van der Waals surface area (Å²) in [4.78, 5) is 15.9. The average Bonchev–Trinajstić information content (AvgIpc) is 3.12. The number of allylic oxidation sites excluding steroid dienone is 5. The van der Waals surface area contributed by atoms with E-state index >= 15 is 0 Å². The van der Waals surface area contributed by atoms with Gasteiger partial charge in [0.05, 0.1) is 11.6 Å². The van der Waals surface area contributed by atoms with Crippen LogP contribution in [0.1, 0.15) is 77.5 Å². The number of esters is 1. The molecule has 0 aromatic carbocycles. The minimum atomic E-state index is 0.0940. The van der Waals surface area contributed by atoms with Crippen LogP contribution in [0.3, 0.4) is 0 Å². The van der Waals surface area contributed by atoms with Crippen molar-refractivity contribution < 1.29 is 9.53 Å². The number of rotatable bonds is 4. The van der Waals surface area contributed by atoms with E-state index in [9.17, 15) is 4.79 Å². The fourth-order valence-corrected chi connectivity index (χ4v) is 5.25. The second-order valence-electron chi connectivity index (χ2n) is 8.72. The molecule has 2 saturated carbocycles. The summed E-state index contributed by atoms with van der Waals surface area (Å²) in [6, 6.07) is 3.95. The van der Waals surface area contributed by atoms with Crippen molar-refractivity contribution >= 4 is 17.6 Å². The van der Waals surface area contributed by atoms with Crippen LogP contribution in [0.2, 0.25) is 0 Å². The van der Waals surface area contributed by atoms with Crippen molar-refractivity contribution in [2.24, 2.45) is 23.7 Å². The number of cyclic esters (lactones) is 1. The highest BCUT2D eigenvalue weighted by molar-refractivity contribution is 5.75. The molecule has 4 rings (SSSR count). The molecular formula is C29H41NO2. The number of aromatic nitrogens is 1. The van der Waals surface area contributed by atoms with Crippen molar-refractivity contribution in [3.05, 3.63) is 67.0 Å². The summed E-state index contributed by atoms with van der Waals surface area (Å²) in [5, 5.41) is 0. The van der Waals surface area contributed by atoms with Crippen molar-refractivity contribution in [1.29, 1.82) is 0 Å². The zero-order valence-corrected chi connectivity index (χ0v) is 20.4. The van der Waals surface area contributed by atoms with E-state index < -0.39 is 0 Å². The second kappa shape index (κ2) is 13.2. The number of ether oxygens (including phenoxy) is 1. The molecule has 3 heteroatoms. The van der Waals surface area contributed by atoms with E-state index in [-0.39, 0.29) is 18.0 Å². The Morgan fingerprint density at radius 2 is 1.81 bits per heavy atom. The van der Waals surface area contributed by atoms with E-state index in [0.717, 1.165) is 35.1 Å². The highest BCUT2D eigenvalue weighted by Crippen LogP contribution is 2.49. The number of hydrogen-bond acceptors (Lipinski definition) is 3. The lowest BCUT2D eigenvalue weighted by molar-refractivity contribution is -0.144. The highest BCUT2D eigenvalue weighted by Gasteiger charge is 2.49. The predicted molar refractivity (Wildman–Crippen MR) is 136 cm³/mol. The maximum atomic E-state index is 11.7. The van der Waals surface area contributed by atoms with Crippen LogP contribution in [0, 0.1) is 23.7 Å². The Hall–Kier alpha value is -2.42. The van der Waals surface area contributed by atoms with Crippen LogP contribution in [-0.2, 0) is 9.53 Å². The smallest absolute Gasteiger partial charge is 0.309 e. The maximum Gasteiger partial charge on any atom is 0.309 e. The number of fused-ring (bicyclic) bond motifs is 2. The number of nitrogens with zero attached hydrogens (tertiary/aromatic N) is 1. The van der Waals surface area contributed by atoms with E-state index in [2.05, 4.69) is 25.1 Å². The Balaban J connectivity index is 0.000000211. The minimum Gasteiger partial charge on any atom is -0.462 e. The number of carbonyl (C=O) groups excluding carboxylic acids is 1. The van der Waals surface area contributed by atoms with E-state index in [4.69, 9.17) is 4.74 Å². The van der Waals surface area contributed by atoms with Gasteiger partial charge in [-0.3, -0.25) is 9.78 Å². The molecule has 0 N–H and O–H groups in total. The van der Waals surface area contributed by atoms with Crippen molar-refractivity contribution in [3.63, 3.8) is 0 Å². The Morgan fingerprint density at radius 1 is 1.12 bits per heavy atom. The third kappa shape index (κ3) is 6.54. The maximum absolute atomic E-state index is 11.7. The third-order valence-corrected chi connectivity index (χ3v) is 6.94. The van der Waals surface area contributed by atoms with E-state index in [1.54, 1.807) is 6.08 Å². The Labute approximate surface area is 195 Å². The van der Waals surface area contributed by atoms with Crippen LogP contribution >= 0.6 is 0 Å². The molecule has 174 valence electrons.